The number of carbonyl (C=O) groups is 1. The molecule has 3 nitrogen and oxygen atoms in total. The van der Waals surface area contributed by atoms with Crippen LogP contribution in [0.3, 0.4) is 0 Å². The van der Waals surface area contributed by atoms with Crippen LogP contribution >= 0.6 is 0 Å². The van der Waals surface area contributed by atoms with Crippen LogP contribution in [0.1, 0.15) is 29.2 Å². The number of aliphatic carboxylic acids is 1. The summed E-state index contributed by atoms with van der Waals surface area (Å²) in [6.07, 6.45) is 3.34. The predicted octanol–water partition coefficient (Wildman–Crippen LogP) is -0.792. The van der Waals surface area contributed by atoms with Gasteiger partial charge in [-0.15, -0.1) is 0 Å². The van der Waals surface area contributed by atoms with Gasteiger partial charge in [-0.1, -0.05) is 12.1 Å². The fourth-order valence-corrected chi connectivity index (χ4v) is 1.94. The topological polar surface area (TPSA) is 67.8 Å². The lowest BCUT2D eigenvalue weighted by atomic mass is 10.0. The molecule has 0 radical (unpaired) electrons. The lowest BCUT2D eigenvalue weighted by Gasteiger charge is -2.10. The maximum absolute atomic E-state index is 10.6. The first kappa shape index (κ1) is 9.21. The van der Waals surface area contributed by atoms with Crippen molar-refractivity contribution in [2.24, 2.45) is 0 Å². The molecule has 0 aliphatic heterocycles. The third-order valence-electron chi connectivity index (χ3n) is 2.81. The van der Waals surface area contributed by atoms with Crippen molar-refractivity contribution in [3.05, 3.63) is 34.9 Å². The number of benzene rings is 1. The number of rotatable bonds is 2. The fourth-order valence-electron chi connectivity index (χ4n) is 1.94. The van der Waals surface area contributed by atoms with E-state index >= 15 is 0 Å². The third-order valence-corrected chi connectivity index (χ3v) is 2.81. The van der Waals surface area contributed by atoms with Gasteiger partial charge in [-0.3, -0.25) is 0 Å². The highest BCUT2D eigenvalue weighted by Gasteiger charge is 2.15. The normalized spacial score (nSPS) is 16.4. The molecule has 3 N–H and O–H groups in total. The molecule has 3 heteroatoms. The van der Waals surface area contributed by atoms with E-state index in [0.717, 1.165) is 18.4 Å². The molecule has 0 fully saturated rings. The Morgan fingerprint density at radius 3 is 2.79 bits per heavy atom. The quantitative estimate of drug-likeness (QED) is 0.665. The molecule has 0 amide bonds. The molecule has 74 valence electrons. The summed E-state index contributed by atoms with van der Waals surface area (Å²) in [6, 6.07) is 5.06. The number of hydrogen-bond donors (Lipinski definition) is 1. The minimum atomic E-state index is -1.11. The van der Waals surface area contributed by atoms with E-state index in [-0.39, 0.29) is 0 Å². The maximum Gasteiger partial charge on any atom is 0.150 e. The predicted molar refractivity (Wildman–Crippen MR) is 49.1 cm³/mol. The molecule has 0 bridgehead atoms. The number of carboxylic acids is 1. The number of fused-ring (bicyclic) bond motifs is 1. The van der Waals surface area contributed by atoms with Crippen LogP contribution in [0.4, 0.5) is 0 Å². The van der Waals surface area contributed by atoms with Gasteiger partial charge >= 0.3 is 0 Å². The second-order valence-corrected chi connectivity index (χ2v) is 3.75. The van der Waals surface area contributed by atoms with Crippen LogP contribution < -0.4 is 10.8 Å². The lowest BCUT2D eigenvalue weighted by molar-refractivity contribution is -0.443. The Bertz CT molecular complexity index is 374. The molecule has 1 aromatic rings. The van der Waals surface area contributed by atoms with Crippen molar-refractivity contribution >= 4 is 5.97 Å². The second-order valence-electron chi connectivity index (χ2n) is 3.75. The molecule has 14 heavy (non-hydrogen) atoms. The summed E-state index contributed by atoms with van der Waals surface area (Å²) < 4.78 is 0. The Balaban J connectivity index is 2.33. The van der Waals surface area contributed by atoms with Gasteiger partial charge < -0.3 is 15.6 Å². The average molecular weight is 191 g/mol. The molecule has 2 rings (SSSR count). The Labute approximate surface area is 82.5 Å². The van der Waals surface area contributed by atoms with Gasteiger partial charge in [0.2, 0.25) is 0 Å². The van der Waals surface area contributed by atoms with Gasteiger partial charge in [-0.25, -0.2) is 0 Å². The number of carboxylic acid groups (broad SMARTS) is 1. The zero-order valence-electron chi connectivity index (χ0n) is 7.95. The Morgan fingerprint density at radius 2 is 2.07 bits per heavy atom. The first-order valence-corrected chi connectivity index (χ1v) is 4.84. The van der Waals surface area contributed by atoms with Crippen molar-refractivity contribution in [2.45, 2.75) is 25.3 Å². The van der Waals surface area contributed by atoms with Crippen molar-refractivity contribution in [1.82, 2.24) is 0 Å². The molecule has 1 aliphatic carbocycles. The molecular formula is C11H13NO2. The smallest absolute Gasteiger partial charge is 0.150 e. The first-order chi connectivity index (χ1) is 6.68. The van der Waals surface area contributed by atoms with Crippen LogP contribution in [0.15, 0.2) is 18.2 Å². The van der Waals surface area contributed by atoms with E-state index in [2.05, 4.69) is 5.73 Å². The highest BCUT2D eigenvalue weighted by Crippen LogP contribution is 2.24. The van der Waals surface area contributed by atoms with Crippen molar-refractivity contribution in [3.63, 3.8) is 0 Å². The van der Waals surface area contributed by atoms with Crippen molar-refractivity contribution in [1.29, 1.82) is 0 Å². The van der Waals surface area contributed by atoms with Crippen LogP contribution in [0.25, 0.3) is 0 Å². The van der Waals surface area contributed by atoms with Crippen molar-refractivity contribution in [2.75, 3.05) is 0 Å². The zero-order valence-corrected chi connectivity index (χ0v) is 7.95. The molecule has 0 spiro atoms. The van der Waals surface area contributed by atoms with Gasteiger partial charge in [0.15, 0.2) is 6.04 Å². The van der Waals surface area contributed by atoms with Gasteiger partial charge in [0.1, 0.15) is 5.97 Å². The Hall–Kier alpha value is -1.35. The largest absolute Gasteiger partial charge is 0.544 e. The molecule has 0 saturated carbocycles. The Kier molecular flexibility index (Phi) is 2.25. The molecule has 1 atom stereocenters. The maximum atomic E-state index is 10.6. The molecule has 1 aliphatic rings. The lowest BCUT2D eigenvalue weighted by Crippen LogP contribution is -2.61. The van der Waals surface area contributed by atoms with E-state index in [1.165, 1.54) is 17.5 Å². The number of aryl methyl sites for hydroxylation is 2. The van der Waals surface area contributed by atoms with E-state index in [1.54, 1.807) is 0 Å². The van der Waals surface area contributed by atoms with E-state index in [1.807, 2.05) is 18.2 Å². The summed E-state index contributed by atoms with van der Waals surface area (Å²) in [5.74, 6) is -1.11. The molecule has 0 heterocycles. The van der Waals surface area contributed by atoms with E-state index in [0.29, 0.717) is 0 Å². The summed E-state index contributed by atoms with van der Waals surface area (Å²) in [5.41, 5.74) is 6.95. The summed E-state index contributed by atoms with van der Waals surface area (Å²) in [4.78, 5) is 10.6. The minimum absolute atomic E-state index is 0.749. The number of hydrogen-bond acceptors (Lipinski definition) is 2. The highest BCUT2D eigenvalue weighted by atomic mass is 16.4. The Morgan fingerprint density at radius 1 is 1.36 bits per heavy atom. The third kappa shape index (κ3) is 1.51. The summed E-state index contributed by atoms with van der Waals surface area (Å²) in [6.45, 7) is 0. The van der Waals surface area contributed by atoms with Crippen molar-refractivity contribution < 1.29 is 15.6 Å². The zero-order chi connectivity index (χ0) is 10.1. The van der Waals surface area contributed by atoms with E-state index in [9.17, 15) is 9.90 Å². The fraction of sp³-hybridized carbons (Fsp3) is 0.364. The standard InChI is InChI=1S/C11H13NO2/c12-10(11(13)14)9-5-4-7-2-1-3-8(7)6-9/h4-6,10H,1-3,12H2,(H,13,14)/t10-/m1/s1. The molecule has 0 saturated heterocycles. The van der Waals surface area contributed by atoms with Crippen LogP contribution in [-0.2, 0) is 17.6 Å². The van der Waals surface area contributed by atoms with Gasteiger partial charge in [0.05, 0.1) is 0 Å². The monoisotopic (exact) mass is 191 g/mol. The van der Waals surface area contributed by atoms with Crippen molar-refractivity contribution in [3.8, 4) is 0 Å². The molecule has 0 aromatic heterocycles. The second kappa shape index (κ2) is 3.42. The molecule has 0 unspecified atom stereocenters. The molecular weight excluding hydrogens is 178 g/mol. The van der Waals surface area contributed by atoms with Gasteiger partial charge in [0, 0.05) is 5.56 Å². The highest BCUT2D eigenvalue weighted by molar-refractivity contribution is 5.71. The SMILES string of the molecule is [NH3+][C@@H](C(=O)[O-])c1ccc2c(c1)CCC2. The summed E-state index contributed by atoms with van der Waals surface area (Å²) in [7, 11) is 0. The van der Waals surface area contributed by atoms with Gasteiger partial charge in [-0.05, 0) is 36.5 Å². The first-order valence-electron chi connectivity index (χ1n) is 4.84. The van der Waals surface area contributed by atoms with Crippen LogP contribution in [-0.4, -0.2) is 5.97 Å². The number of quaternary nitrogens is 1. The van der Waals surface area contributed by atoms with Gasteiger partial charge in [0.25, 0.3) is 0 Å². The summed E-state index contributed by atoms with van der Waals surface area (Å²) >= 11 is 0. The average Bonchev–Trinajstić information content (AvgIpc) is 2.62. The van der Waals surface area contributed by atoms with Crippen LogP contribution in [0.2, 0.25) is 0 Å². The van der Waals surface area contributed by atoms with Gasteiger partial charge in [-0.2, -0.15) is 0 Å². The molecule has 1 aromatic carbocycles. The number of carbonyl (C=O) groups excluding carboxylic acids is 1. The van der Waals surface area contributed by atoms with E-state index < -0.39 is 12.0 Å². The minimum Gasteiger partial charge on any atom is -0.544 e. The summed E-state index contributed by atoms with van der Waals surface area (Å²) in [5, 5.41) is 10.6. The van der Waals surface area contributed by atoms with Crippen LogP contribution in [0, 0.1) is 0 Å². The van der Waals surface area contributed by atoms with Crippen LogP contribution in [0.5, 0.6) is 0 Å². The van der Waals surface area contributed by atoms with E-state index in [4.69, 9.17) is 0 Å².